The number of H-pyrrole nitrogens is 1. The zero-order valence-corrected chi connectivity index (χ0v) is 8.47. The molecule has 0 saturated carbocycles. The highest BCUT2D eigenvalue weighted by atomic mass is 16.1. The summed E-state index contributed by atoms with van der Waals surface area (Å²) >= 11 is 0. The number of anilines is 1. The Kier molecular flexibility index (Phi) is 2.81. The molecule has 1 aromatic carbocycles. The van der Waals surface area contributed by atoms with Crippen LogP contribution in [0.2, 0.25) is 0 Å². The monoisotopic (exact) mass is 217 g/mol. The molecule has 2 rings (SSSR count). The summed E-state index contributed by atoms with van der Waals surface area (Å²) in [7, 11) is 0. The van der Waals surface area contributed by atoms with Crippen LogP contribution in [-0.2, 0) is 6.54 Å². The Morgan fingerprint density at radius 3 is 2.75 bits per heavy atom. The lowest BCUT2D eigenvalue weighted by molar-refractivity contribution is 0.0950. The first-order valence-corrected chi connectivity index (χ1v) is 4.73. The third-order valence-electron chi connectivity index (χ3n) is 2.05. The Morgan fingerprint density at radius 1 is 1.38 bits per heavy atom. The van der Waals surface area contributed by atoms with Crippen molar-refractivity contribution in [1.82, 2.24) is 20.5 Å². The maximum Gasteiger partial charge on any atom is 0.251 e. The van der Waals surface area contributed by atoms with E-state index in [-0.39, 0.29) is 5.91 Å². The van der Waals surface area contributed by atoms with Gasteiger partial charge in [-0.15, -0.1) is 0 Å². The first-order chi connectivity index (χ1) is 7.75. The Bertz CT molecular complexity index is 462. The lowest BCUT2D eigenvalue weighted by Crippen LogP contribution is -2.23. The third kappa shape index (κ3) is 2.35. The number of carbonyl (C=O) groups excluding carboxylic acids is 1. The van der Waals surface area contributed by atoms with Crippen LogP contribution in [0.5, 0.6) is 0 Å². The fraction of sp³-hybridized carbons (Fsp3) is 0.100. The summed E-state index contributed by atoms with van der Waals surface area (Å²) in [5, 5.41) is 9.05. The molecule has 82 valence electrons. The van der Waals surface area contributed by atoms with Crippen LogP contribution in [-0.4, -0.2) is 21.1 Å². The molecule has 0 atom stereocenters. The molecule has 4 N–H and O–H groups in total. The second kappa shape index (κ2) is 4.43. The van der Waals surface area contributed by atoms with Crippen molar-refractivity contribution in [2.24, 2.45) is 0 Å². The number of hydrogen-bond donors (Lipinski definition) is 3. The Hall–Kier alpha value is -2.37. The summed E-state index contributed by atoms with van der Waals surface area (Å²) in [5.74, 6) is 0.445. The van der Waals surface area contributed by atoms with E-state index in [9.17, 15) is 4.79 Å². The predicted octanol–water partition coefficient (Wildman–Crippen LogP) is 0.317. The molecule has 1 aromatic heterocycles. The first kappa shape index (κ1) is 10.2. The van der Waals surface area contributed by atoms with Crippen LogP contribution in [0.25, 0.3) is 0 Å². The smallest absolute Gasteiger partial charge is 0.251 e. The topological polar surface area (TPSA) is 96.7 Å². The first-order valence-electron chi connectivity index (χ1n) is 4.73. The van der Waals surface area contributed by atoms with E-state index in [1.807, 2.05) is 0 Å². The van der Waals surface area contributed by atoms with Gasteiger partial charge in [-0.3, -0.25) is 9.89 Å². The van der Waals surface area contributed by atoms with Crippen LogP contribution in [0.4, 0.5) is 5.69 Å². The summed E-state index contributed by atoms with van der Waals surface area (Å²) in [6, 6.07) is 6.71. The standard InChI is InChI=1S/C10H11N5O/c11-8-3-1-7(2-4-8)10(16)12-5-9-13-6-14-15-9/h1-4,6H,5,11H2,(H,12,16)(H,13,14,15). The molecule has 1 amide bonds. The van der Waals surface area contributed by atoms with Gasteiger partial charge in [-0.25, -0.2) is 4.98 Å². The molecule has 0 bridgehead atoms. The van der Waals surface area contributed by atoms with Crippen molar-refractivity contribution < 1.29 is 4.79 Å². The van der Waals surface area contributed by atoms with Gasteiger partial charge in [-0.2, -0.15) is 5.10 Å². The van der Waals surface area contributed by atoms with Crippen molar-refractivity contribution in [3.05, 3.63) is 42.0 Å². The van der Waals surface area contributed by atoms with Gasteiger partial charge in [0.2, 0.25) is 0 Å². The zero-order chi connectivity index (χ0) is 11.4. The Balaban J connectivity index is 1.95. The minimum atomic E-state index is -0.170. The third-order valence-corrected chi connectivity index (χ3v) is 2.05. The highest BCUT2D eigenvalue weighted by molar-refractivity contribution is 5.94. The van der Waals surface area contributed by atoms with Crippen LogP contribution >= 0.6 is 0 Å². The number of aromatic nitrogens is 3. The number of carbonyl (C=O) groups is 1. The molecule has 0 aliphatic heterocycles. The van der Waals surface area contributed by atoms with Crippen LogP contribution in [0, 0.1) is 0 Å². The minimum absolute atomic E-state index is 0.170. The maximum atomic E-state index is 11.6. The molecule has 0 aliphatic rings. The Labute approximate surface area is 91.9 Å². The van der Waals surface area contributed by atoms with E-state index in [1.54, 1.807) is 24.3 Å². The lowest BCUT2D eigenvalue weighted by Gasteiger charge is -2.03. The summed E-state index contributed by atoms with van der Waals surface area (Å²) in [6.45, 7) is 0.323. The van der Waals surface area contributed by atoms with E-state index in [4.69, 9.17) is 5.73 Å². The van der Waals surface area contributed by atoms with Crippen LogP contribution in [0.1, 0.15) is 16.2 Å². The largest absolute Gasteiger partial charge is 0.399 e. The summed E-state index contributed by atoms with van der Waals surface area (Å²) < 4.78 is 0. The second-order valence-corrected chi connectivity index (χ2v) is 3.24. The van der Waals surface area contributed by atoms with Gasteiger partial charge in [-0.1, -0.05) is 0 Å². The number of aromatic amines is 1. The highest BCUT2D eigenvalue weighted by Crippen LogP contribution is 2.05. The van der Waals surface area contributed by atoms with Gasteiger partial charge in [0.15, 0.2) is 0 Å². The number of nitrogens with one attached hydrogen (secondary N) is 2. The van der Waals surface area contributed by atoms with E-state index in [2.05, 4.69) is 20.5 Å². The van der Waals surface area contributed by atoms with Gasteiger partial charge < -0.3 is 11.1 Å². The molecule has 0 aliphatic carbocycles. The van der Waals surface area contributed by atoms with Crippen molar-refractivity contribution in [2.75, 3.05) is 5.73 Å². The van der Waals surface area contributed by atoms with Crippen LogP contribution < -0.4 is 11.1 Å². The average molecular weight is 217 g/mol. The number of nitrogens with zero attached hydrogens (tertiary/aromatic N) is 2. The number of amides is 1. The van der Waals surface area contributed by atoms with Crippen LogP contribution in [0.15, 0.2) is 30.6 Å². The molecule has 0 radical (unpaired) electrons. The van der Waals surface area contributed by atoms with E-state index in [1.165, 1.54) is 6.33 Å². The Morgan fingerprint density at radius 2 is 2.12 bits per heavy atom. The van der Waals surface area contributed by atoms with E-state index >= 15 is 0 Å². The normalized spacial score (nSPS) is 10.0. The molecular formula is C10H11N5O. The molecule has 0 unspecified atom stereocenters. The zero-order valence-electron chi connectivity index (χ0n) is 8.47. The molecule has 6 nitrogen and oxygen atoms in total. The maximum absolute atomic E-state index is 11.6. The van der Waals surface area contributed by atoms with Gasteiger partial charge >= 0.3 is 0 Å². The molecule has 2 aromatic rings. The molecular weight excluding hydrogens is 206 g/mol. The van der Waals surface area contributed by atoms with E-state index < -0.39 is 0 Å². The SMILES string of the molecule is Nc1ccc(C(=O)NCc2ncn[nH]2)cc1. The minimum Gasteiger partial charge on any atom is -0.399 e. The summed E-state index contributed by atoms with van der Waals surface area (Å²) in [6.07, 6.45) is 1.39. The van der Waals surface area contributed by atoms with E-state index in [0.29, 0.717) is 23.6 Å². The van der Waals surface area contributed by atoms with Gasteiger partial charge in [-0.05, 0) is 24.3 Å². The van der Waals surface area contributed by atoms with Crippen LogP contribution in [0.3, 0.4) is 0 Å². The number of rotatable bonds is 3. The highest BCUT2D eigenvalue weighted by Gasteiger charge is 2.05. The molecule has 0 fully saturated rings. The van der Waals surface area contributed by atoms with Crippen molar-refractivity contribution in [1.29, 1.82) is 0 Å². The number of hydrogen-bond acceptors (Lipinski definition) is 4. The molecule has 16 heavy (non-hydrogen) atoms. The van der Waals surface area contributed by atoms with Crippen molar-refractivity contribution >= 4 is 11.6 Å². The summed E-state index contributed by atoms with van der Waals surface area (Å²) in [5.41, 5.74) is 6.72. The van der Waals surface area contributed by atoms with Gasteiger partial charge in [0.05, 0.1) is 6.54 Å². The van der Waals surface area contributed by atoms with Gasteiger partial charge in [0.25, 0.3) is 5.91 Å². The van der Waals surface area contributed by atoms with Crippen molar-refractivity contribution in [3.8, 4) is 0 Å². The van der Waals surface area contributed by atoms with Gasteiger partial charge in [0, 0.05) is 11.3 Å². The molecule has 6 heteroatoms. The number of nitrogens with two attached hydrogens (primary N) is 1. The predicted molar refractivity (Wildman–Crippen MR) is 58.4 cm³/mol. The average Bonchev–Trinajstić information content (AvgIpc) is 2.80. The second-order valence-electron chi connectivity index (χ2n) is 3.24. The number of benzene rings is 1. The quantitative estimate of drug-likeness (QED) is 0.645. The molecule has 0 spiro atoms. The summed E-state index contributed by atoms with van der Waals surface area (Å²) in [4.78, 5) is 15.5. The van der Waals surface area contributed by atoms with Crippen molar-refractivity contribution in [3.63, 3.8) is 0 Å². The number of nitrogen functional groups attached to an aromatic ring is 1. The fourth-order valence-electron chi connectivity index (χ4n) is 1.22. The molecule has 0 saturated heterocycles. The van der Waals surface area contributed by atoms with Crippen molar-refractivity contribution in [2.45, 2.75) is 6.54 Å². The fourth-order valence-corrected chi connectivity index (χ4v) is 1.22. The van der Waals surface area contributed by atoms with E-state index in [0.717, 1.165) is 0 Å². The lowest BCUT2D eigenvalue weighted by atomic mass is 10.2. The van der Waals surface area contributed by atoms with Gasteiger partial charge in [0.1, 0.15) is 12.2 Å². The molecule has 1 heterocycles.